The van der Waals surface area contributed by atoms with E-state index in [0.29, 0.717) is 5.56 Å². The van der Waals surface area contributed by atoms with Gasteiger partial charge in [-0.25, -0.2) is 0 Å². The van der Waals surface area contributed by atoms with Crippen molar-refractivity contribution < 1.29 is 14.4 Å². The van der Waals surface area contributed by atoms with Gasteiger partial charge in [-0.3, -0.25) is 9.88 Å². The van der Waals surface area contributed by atoms with E-state index in [-0.39, 0.29) is 6.54 Å². The van der Waals surface area contributed by atoms with Gasteiger partial charge in [-0.05, 0) is 11.1 Å². The van der Waals surface area contributed by atoms with Crippen LogP contribution in [0.5, 0.6) is 0 Å². The molecule has 0 fully saturated rings. The average Bonchev–Trinajstić information content (AvgIpc) is 2.45. The molecule has 2 aromatic carbocycles. The van der Waals surface area contributed by atoms with Gasteiger partial charge in [-0.2, -0.15) is 0 Å². The Morgan fingerprint density at radius 1 is 1.00 bits per heavy atom. The zero-order valence-corrected chi connectivity index (χ0v) is 12.3. The second-order valence-electron chi connectivity index (χ2n) is 4.37. The lowest BCUT2D eigenvalue weighted by atomic mass is 10.2. The fourth-order valence-electron chi connectivity index (χ4n) is 1.85. The molecule has 6 heteroatoms. The topological polar surface area (TPSA) is 69.6 Å². The van der Waals surface area contributed by atoms with Gasteiger partial charge in [0.05, 0.1) is 0 Å². The van der Waals surface area contributed by atoms with Crippen LogP contribution in [0.25, 0.3) is 0 Å². The zero-order chi connectivity index (χ0) is 14.6. The molecule has 0 spiro atoms. The first kappa shape index (κ1) is 15.2. The van der Waals surface area contributed by atoms with E-state index in [4.69, 9.17) is 11.6 Å². The number of rotatable bonds is 5. The number of hydrogen-bond acceptors (Lipinski definition) is 2. The molecule has 106 valence electrons. The van der Waals surface area contributed by atoms with E-state index in [0.717, 1.165) is 5.56 Å². The van der Waals surface area contributed by atoms with Gasteiger partial charge in [0.1, 0.15) is 0 Å². The van der Waals surface area contributed by atoms with Crippen molar-refractivity contribution in [3.63, 3.8) is 0 Å². The van der Waals surface area contributed by atoms with Crippen LogP contribution in [0.15, 0.2) is 60.7 Å². The van der Waals surface area contributed by atoms with Crippen LogP contribution in [0.4, 0.5) is 0 Å². The maximum absolute atomic E-state index is 11.8. The van der Waals surface area contributed by atoms with Crippen LogP contribution >= 0.6 is 19.2 Å². The lowest BCUT2D eigenvalue weighted by molar-refractivity contribution is 0.335. The number of hydrogen-bond donors (Lipinski definition) is 3. The maximum Gasteiger partial charge on any atom is 0.365 e. The van der Waals surface area contributed by atoms with Crippen molar-refractivity contribution in [3.05, 3.63) is 71.8 Å². The van der Waals surface area contributed by atoms with Crippen LogP contribution in [-0.4, -0.2) is 9.79 Å². The van der Waals surface area contributed by atoms with Crippen LogP contribution in [0.2, 0.25) is 0 Å². The fourth-order valence-corrected chi connectivity index (χ4v) is 2.81. The van der Waals surface area contributed by atoms with E-state index >= 15 is 0 Å². The van der Waals surface area contributed by atoms with E-state index in [1.807, 2.05) is 30.3 Å². The smallest absolute Gasteiger partial charge is 0.322 e. The van der Waals surface area contributed by atoms with Crippen LogP contribution in [0.3, 0.4) is 0 Å². The predicted octanol–water partition coefficient (Wildman–Crippen LogP) is 3.00. The van der Waals surface area contributed by atoms with Crippen molar-refractivity contribution in [3.8, 4) is 0 Å². The Hall–Kier alpha value is -1.16. The van der Waals surface area contributed by atoms with Gasteiger partial charge >= 0.3 is 7.60 Å². The third kappa shape index (κ3) is 3.29. The Morgan fingerprint density at radius 2 is 1.50 bits per heavy atom. The molecule has 1 atom stereocenters. The summed E-state index contributed by atoms with van der Waals surface area (Å²) in [5.41, 5.74) is 1.23. The summed E-state index contributed by atoms with van der Waals surface area (Å²) in [5, 5.41) is 2.77. The Bertz CT molecular complexity index is 602. The normalized spacial score (nSPS) is 14.8. The fraction of sp³-hybridized carbons (Fsp3) is 0.143. The summed E-state index contributed by atoms with van der Waals surface area (Å²) >= 11 is 6.22. The second-order valence-corrected chi connectivity index (χ2v) is 6.96. The predicted molar refractivity (Wildman–Crippen MR) is 79.3 cm³/mol. The van der Waals surface area contributed by atoms with Crippen LogP contribution in [0.1, 0.15) is 11.1 Å². The maximum atomic E-state index is 11.8. The minimum absolute atomic E-state index is 0.254. The molecular weight excluding hydrogens is 297 g/mol. The quantitative estimate of drug-likeness (QED) is 0.451. The Kier molecular flexibility index (Phi) is 4.63. The molecule has 2 rings (SSSR count). The highest BCUT2D eigenvalue weighted by atomic mass is 35.5. The lowest BCUT2D eigenvalue weighted by Gasteiger charge is -2.29. The Morgan fingerprint density at radius 3 is 2.00 bits per heavy atom. The molecule has 0 bridgehead atoms. The van der Waals surface area contributed by atoms with Gasteiger partial charge in [0, 0.05) is 6.54 Å². The summed E-state index contributed by atoms with van der Waals surface area (Å²) < 4.78 is 9.85. The first-order valence-electron chi connectivity index (χ1n) is 6.02. The number of alkyl halides is 1. The van der Waals surface area contributed by atoms with Crippen molar-refractivity contribution in [2.24, 2.45) is 0 Å². The summed E-state index contributed by atoms with van der Waals surface area (Å²) in [6.07, 6.45) is 0. The average molecular weight is 312 g/mol. The van der Waals surface area contributed by atoms with Gasteiger partial charge in [0.25, 0.3) is 0 Å². The van der Waals surface area contributed by atoms with E-state index in [9.17, 15) is 14.4 Å². The molecule has 2 aromatic rings. The molecule has 0 amide bonds. The number of halogens is 1. The van der Waals surface area contributed by atoms with Crippen molar-refractivity contribution in [2.75, 3.05) is 0 Å². The van der Waals surface area contributed by atoms with Gasteiger partial charge in [-0.1, -0.05) is 72.3 Å². The molecule has 4 nitrogen and oxygen atoms in total. The summed E-state index contributed by atoms with van der Waals surface area (Å²) in [7, 11) is -4.59. The summed E-state index contributed by atoms with van der Waals surface area (Å²) in [6, 6.07) is 17.6. The largest absolute Gasteiger partial charge is 0.365 e. The summed E-state index contributed by atoms with van der Waals surface area (Å²) in [4.78, 5) is 19.2. The van der Waals surface area contributed by atoms with Gasteiger partial charge in [0.2, 0.25) is 4.74 Å². The monoisotopic (exact) mass is 311 g/mol. The number of nitrogens with one attached hydrogen (secondary N) is 1. The van der Waals surface area contributed by atoms with Gasteiger partial charge < -0.3 is 9.79 Å². The standard InChI is InChI=1S/C14H15ClNO3P/c15-14(20(17,18)19,13-9-5-2-6-10-13)16-11-12-7-3-1-4-8-12/h1-10,16H,11H2,(H2,17,18,19). The van der Waals surface area contributed by atoms with E-state index in [2.05, 4.69) is 5.32 Å². The molecule has 0 saturated heterocycles. The molecule has 1 unspecified atom stereocenters. The molecule has 0 aliphatic rings. The Balaban J connectivity index is 2.28. The number of benzene rings is 2. The van der Waals surface area contributed by atoms with Crippen molar-refractivity contribution >= 4 is 19.2 Å². The highest BCUT2D eigenvalue weighted by Crippen LogP contribution is 2.58. The lowest BCUT2D eigenvalue weighted by Crippen LogP contribution is -2.36. The van der Waals surface area contributed by atoms with Gasteiger partial charge in [0.15, 0.2) is 0 Å². The van der Waals surface area contributed by atoms with Crippen molar-refractivity contribution in [1.82, 2.24) is 5.32 Å². The third-order valence-corrected chi connectivity index (χ3v) is 5.16. The molecule has 0 aromatic heterocycles. The van der Waals surface area contributed by atoms with E-state index in [1.165, 1.54) is 0 Å². The van der Waals surface area contributed by atoms with Crippen LogP contribution < -0.4 is 5.32 Å². The molecule has 20 heavy (non-hydrogen) atoms. The minimum Gasteiger partial charge on any atom is -0.322 e. The van der Waals surface area contributed by atoms with Crippen LogP contribution in [0, 0.1) is 0 Å². The Labute approximate surface area is 122 Å². The second kappa shape index (κ2) is 6.08. The molecular formula is C14H15ClNO3P. The third-order valence-electron chi connectivity index (χ3n) is 2.93. The minimum atomic E-state index is -4.59. The SMILES string of the molecule is O=P(O)(O)C(Cl)(NCc1ccccc1)c1ccccc1. The van der Waals surface area contributed by atoms with E-state index < -0.39 is 12.3 Å². The molecule has 0 aliphatic heterocycles. The summed E-state index contributed by atoms with van der Waals surface area (Å²) in [5.74, 6) is 0. The van der Waals surface area contributed by atoms with Crippen LogP contribution in [-0.2, 0) is 15.8 Å². The highest BCUT2D eigenvalue weighted by Gasteiger charge is 2.46. The molecule has 3 N–H and O–H groups in total. The zero-order valence-electron chi connectivity index (χ0n) is 10.6. The first-order chi connectivity index (χ1) is 9.43. The molecule has 0 heterocycles. The molecule has 0 aliphatic carbocycles. The molecule has 0 radical (unpaired) electrons. The first-order valence-corrected chi connectivity index (χ1v) is 8.01. The highest BCUT2D eigenvalue weighted by molar-refractivity contribution is 7.55. The van der Waals surface area contributed by atoms with E-state index in [1.54, 1.807) is 30.3 Å². The molecule has 0 saturated carbocycles. The summed E-state index contributed by atoms with van der Waals surface area (Å²) in [6.45, 7) is 0.254. The van der Waals surface area contributed by atoms with Gasteiger partial charge in [-0.15, -0.1) is 0 Å². The van der Waals surface area contributed by atoms with Crippen molar-refractivity contribution in [1.29, 1.82) is 0 Å². The van der Waals surface area contributed by atoms with Crippen molar-refractivity contribution in [2.45, 2.75) is 11.3 Å².